The van der Waals surface area contributed by atoms with Crippen LogP contribution in [0.4, 0.5) is 5.69 Å². The third kappa shape index (κ3) is 4.78. The van der Waals surface area contributed by atoms with Crippen LogP contribution in [0.1, 0.15) is 18.9 Å². The van der Waals surface area contributed by atoms with E-state index in [1.807, 2.05) is 19.1 Å². The van der Waals surface area contributed by atoms with Gasteiger partial charge in [0.15, 0.2) is 11.5 Å². The van der Waals surface area contributed by atoms with Gasteiger partial charge in [0.05, 0.1) is 24.2 Å². The molecule has 0 saturated carbocycles. The summed E-state index contributed by atoms with van der Waals surface area (Å²) < 4.78 is 38.7. The van der Waals surface area contributed by atoms with Gasteiger partial charge in [-0.25, -0.2) is 8.42 Å². The molecular formula is C19H22N2O5S. The molecule has 0 saturated heterocycles. The van der Waals surface area contributed by atoms with Gasteiger partial charge in [0.2, 0.25) is 15.9 Å². The van der Waals surface area contributed by atoms with E-state index in [0.717, 1.165) is 12.0 Å². The molecule has 1 aliphatic heterocycles. The molecule has 0 spiro atoms. The molecule has 1 aliphatic rings. The average Bonchev–Trinajstić information content (AvgIpc) is 2.88. The summed E-state index contributed by atoms with van der Waals surface area (Å²) in [6.07, 6.45) is 0.727. The number of hydrogen-bond donors (Lipinski definition) is 2. The Labute approximate surface area is 158 Å². The minimum Gasteiger partial charge on any atom is -0.490 e. The fourth-order valence-corrected chi connectivity index (χ4v) is 3.77. The van der Waals surface area contributed by atoms with Gasteiger partial charge in [0.1, 0.15) is 0 Å². The van der Waals surface area contributed by atoms with Gasteiger partial charge in [-0.2, -0.15) is 4.72 Å². The Morgan fingerprint density at radius 3 is 2.41 bits per heavy atom. The number of amides is 1. The van der Waals surface area contributed by atoms with E-state index in [1.54, 1.807) is 18.2 Å². The number of nitrogens with one attached hydrogen (secondary N) is 2. The van der Waals surface area contributed by atoms with Crippen molar-refractivity contribution in [3.05, 3.63) is 48.0 Å². The first-order valence-electron chi connectivity index (χ1n) is 8.65. The highest BCUT2D eigenvalue weighted by atomic mass is 32.2. The predicted octanol–water partition coefficient (Wildman–Crippen LogP) is 2.46. The molecule has 2 aromatic rings. The van der Waals surface area contributed by atoms with Gasteiger partial charge in [-0.3, -0.25) is 4.79 Å². The number of sulfonamides is 1. The van der Waals surface area contributed by atoms with Crippen molar-refractivity contribution in [2.45, 2.75) is 31.2 Å². The Morgan fingerprint density at radius 1 is 1.04 bits per heavy atom. The van der Waals surface area contributed by atoms with Crippen LogP contribution in [0.3, 0.4) is 0 Å². The zero-order chi connectivity index (χ0) is 19.4. The predicted molar refractivity (Wildman–Crippen MR) is 102 cm³/mol. The summed E-state index contributed by atoms with van der Waals surface area (Å²) in [4.78, 5) is 12.3. The van der Waals surface area contributed by atoms with Gasteiger partial charge in [-0.05, 0) is 38.1 Å². The number of rotatable bonds is 5. The van der Waals surface area contributed by atoms with E-state index in [4.69, 9.17) is 9.47 Å². The van der Waals surface area contributed by atoms with E-state index >= 15 is 0 Å². The van der Waals surface area contributed by atoms with E-state index in [0.29, 0.717) is 30.4 Å². The number of hydrogen-bond acceptors (Lipinski definition) is 5. The van der Waals surface area contributed by atoms with Crippen molar-refractivity contribution >= 4 is 21.6 Å². The maximum absolute atomic E-state index is 12.6. The van der Waals surface area contributed by atoms with Crippen molar-refractivity contribution < 1.29 is 22.7 Å². The largest absolute Gasteiger partial charge is 0.490 e. The van der Waals surface area contributed by atoms with Crippen molar-refractivity contribution in [3.8, 4) is 11.5 Å². The molecular weight excluding hydrogens is 368 g/mol. The standard InChI is InChI=1S/C19H22N2O5S/c1-13-4-6-15(7-5-13)20-19(22)14(2)21-27(23,24)16-8-9-17-18(12-16)26-11-3-10-25-17/h4-9,12,14,21H,3,10-11H2,1-2H3,(H,20,22)/t14-/m1/s1. The zero-order valence-electron chi connectivity index (χ0n) is 15.2. The lowest BCUT2D eigenvalue weighted by molar-refractivity contribution is -0.117. The molecule has 0 radical (unpaired) electrons. The molecule has 144 valence electrons. The highest BCUT2D eigenvalue weighted by Crippen LogP contribution is 2.31. The highest BCUT2D eigenvalue weighted by Gasteiger charge is 2.24. The van der Waals surface area contributed by atoms with Crippen LogP contribution in [0, 0.1) is 6.92 Å². The molecule has 7 nitrogen and oxygen atoms in total. The van der Waals surface area contributed by atoms with Gasteiger partial charge in [-0.1, -0.05) is 17.7 Å². The van der Waals surface area contributed by atoms with E-state index in [-0.39, 0.29) is 4.90 Å². The molecule has 27 heavy (non-hydrogen) atoms. The lowest BCUT2D eigenvalue weighted by atomic mass is 10.2. The normalized spacial score (nSPS) is 14.9. The summed E-state index contributed by atoms with van der Waals surface area (Å²) in [6, 6.07) is 10.7. The van der Waals surface area contributed by atoms with Crippen LogP contribution < -0.4 is 19.5 Å². The maximum Gasteiger partial charge on any atom is 0.242 e. The Bertz CT molecular complexity index is 926. The number of ether oxygens (including phenoxy) is 2. The molecule has 0 fully saturated rings. The topological polar surface area (TPSA) is 93.7 Å². The van der Waals surface area contributed by atoms with Crippen LogP contribution in [-0.4, -0.2) is 33.6 Å². The number of fused-ring (bicyclic) bond motifs is 1. The summed E-state index contributed by atoms with van der Waals surface area (Å²) in [5.41, 5.74) is 1.67. The quantitative estimate of drug-likeness (QED) is 0.818. The average molecular weight is 390 g/mol. The molecule has 0 aliphatic carbocycles. The van der Waals surface area contributed by atoms with Crippen molar-refractivity contribution in [1.29, 1.82) is 0 Å². The minimum atomic E-state index is -3.90. The Kier molecular flexibility index (Phi) is 5.67. The SMILES string of the molecule is Cc1ccc(NC(=O)[C@@H](C)NS(=O)(=O)c2ccc3c(c2)OCCCO3)cc1. The molecule has 0 aromatic heterocycles. The summed E-state index contributed by atoms with van der Waals surface area (Å²) in [5.74, 6) is 0.445. The van der Waals surface area contributed by atoms with Crippen LogP contribution in [-0.2, 0) is 14.8 Å². The lowest BCUT2D eigenvalue weighted by Crippen LogP contribution is -2.41. The van der Waals surface area contributed by atoms with Crippen molar-refractivity contribution in [2.75, 3.05) is 18.5 Å². The molecule has 1 heterocycles. The number of carbonyl (C=O) groups excluding carboxylic acids is 1. The molecule has 2 aromatic carbocycles. The minimum absolute atomic E-state index is 0.0155. The number of aryl methyl sites for hydroxylation is 1. The van der Waals surface area contributed by atoms with Crippen molar-refractivity contribution in [1.82, 2.24) is 4.72 Å². The van der Waals surface area contributed by atoms with Gasteiger partial charge < -0.3 is 14.8 Å². The van der Waals surface area contributed by atoms with Gasteiger partial charge in [-0.15, -0.1) is 0 Å². The summed E-state index contributed by atoms with van der Waals surface area (Å²) >= 11 is 0. The van der Waals surface area contributed by atoms with Gasteiger partial charge >= 0.3 is 0 Å². The van der Waals surface area contributed by atoms with Crippen molar-refractivity contribution in [3.63, 3.8) is 0 Å². The first-order valence-corrected chi connectivity index (χ1v) is 10.1. The van der Waals surface area contributed by atoms with Crippen LogP contribution in [0.2, 0.25) is 0 Å². The van der Waals surface area contributed by atoms with Gasteiger partial charge in [0, 0.05) is 18.2 Å². The molecule has 0 bridgehead atoms. The molecule has 1 atom stereocenters. The fraction of sp³-hybridized carbons (Fsp3) is 0.316. The number of benzene rings is 2. The van der Waals surface area contributed by atoms with E-state index in [1.165, 1.54) is 19.1 Å². The monoisotopic (exact) mass is 390 g/mol. The second kappa shape index (κ2) is 7.98. The fourth-order valence-electron chi connectivity index (χ4n) is 2.55. The molecule has 8 heteroatoms. The summed E-state index contributed by atoms with van der Waals surface area (Å²) in [6.45, 7) is 4.41. The zero-order valence-corrected chi connectivity index (χ0v) is 16.0. The van der Waals surface area contributed by atoms with Gasteiger partial charge in [0.25, 0.3) is 0 Å². The van der Waals surface area contributed by atoms with Crippen LogP contribution in [0.25, 0.3) is 0 Å². The smallest absolute Gasteiger partial charge is 0.242 e. The van der Waals surface area contributed by atoms with E-state index in [2.05, 4.69) is 10.0 Å². The summed E-state index contributed by atoms with van der Waals surface area (Å²) in [7, 11) is -3.90. The molecule has 3 rings (SSSR count). The van der Waals surface area contributed by atoms with E-state index < -0.39 is 22.0 Å². The van der Waals surface area contributed by atoms with Crippen LogP contribution >= 0.6 is 0 Å². The van der Waals surface area contributed by atoms with Crippen LogP contribution in [0.5, 0.6) is 11.5 Å². The number of anilines is 1. The Hall–Kier alpha value is -2.58. The molecule has 2 N–H and O–H groups in total. The number of carbonyl (C=O) groups is 1. The highest BCUT2D eigenvalue weighted by molar-refractivity contribution is 7.89. The van der Waals surface area contributed by atoms with Crippen molar-refractivity contribution in [2.24, 2.45) is 0 Å². The second-order valence-corrected chi connectivity index (χ2v) is 8.07. The first-order chi connectivity index (χ1) is 12.8. The lowest BCUT2D eigenvalue weighted by Gasteiger charge is -2.15. The summed E-state index contributed by atoms with van der Waals surface area (Å²) in [5, 5.41) is 2.69. The third-order valence-electron chi connectivity index (χ3n) is 4.07. The first kappa shape index (κ1) is 19.2. The van der Waals surface area contributed by atoms with E-state index in [9.17, 15) is 13.2 Å². The third-order valence-corrected chi connectivity index (χ3v) is 5.61. The second-order valence-electron chi connectivity index (χ2n) is 6.36. The Morgan fingerprint density at radius 2 is 1.70 bits per heavy atom. The van der Waals surface area contributed by atoms with Crippen LogP contribution in [0.15, 0.2) is 47.4 Å². The molecule has 1 amide bonds. The maximum atomic E-state index is 12.6. The Balaban J connectivity index is 1.70. The molecule has 0 unspecified atom stereocenters.